The molecule has 2 heterocycles. The molecule has 0 fully saturated rings. The number of carboxylic acid groups (broad SMARTS) is 1. The van der Waals surface area contributed by atoms with Crippen LogP contribution in [0, 0.1) is 0 Å². The normalized spacial score (nSPS) is 16.0. The monoisotopic (exact) mass is 284 g/mol. The average molecular weight is 284 g/mol. The molecule has 0 aliphatic carbocycles. The number of pyridine rings is 1. The molecule has 2 aromatic rings. The van der Waals surface area contributed by atoms with Gasteiger partial charge in [0, 0.05) is 36.6 Å². The van der Waals surface area contributed by atoms with E-state index in [2.05, 4.69) is 5.32 Å². The Morgan fingerprint density at radius 3 is 2.86 bits per heavy atom. The van der Waals surface area contributed by atoms with Crippen molar-refractivity contribution in [2.24, 2.45) is 0 Å². The number of carboxylic acids is 1. The van der Waals surface area contributed by atoms with Gasteiger partial charge in [0.15, 0.2) is 5.43 Å². The maximum Gasteiger partial charge on any atom is 0.341 e. The van der Waals surface area contributed by atoms with Crippen LogP contribution < -0.4 is 10.7 Å². The van der Waals surface area contributed by atoms with E-state index >= 15 is 0 Å². The summed E-state index contributed by atoms with van der Waals surface area (Å²) in [4.78, 5) is 23.2. The van der Waals surface area contributed by atoms with Gasteiger partial charge in [-0.1, -0.05) is 12.1 Å². The lowest BCUT2D eigenvalue weighted by molar-refractivity contribution is 0.0694. The maximum atomic E-state index is 12.0. The molecule has 0 saturated heterocycles. The van der Waals surface area contributed by atoms with Gasteiger partial charge in [-0.15, -0.1) is 0 Å². The highest BCUT2D eigenvalue weighted by molar-refractivity contribution is 5.88. The van der Waals surface area contributed by atoms with E-state index in [1.807, 2.05) is 36.7 Å². The minimum atomic E-state index is -1.19. The molecule has 5 nitrogen and oxygen atoms in total. The van der Waals surface area contributed by atoms with Crippen LogP contribution in [0.4, 0.5) is 5.69 Å². The van der Waals surface area contributed by atoms with Gasteiger partial charge in [0.1, 0.15) is 5.56 Å². The molecule has 0 amide bonds. The van der Waals surface area contributed by atoms with Gasteiger partial charge in [-0.05, 0) is 25.0 Å². The summed E-state index contributed by atoms with van der Waals surface area (Å²) in [6.07, 6.45) is 2.26. The number of hydrogen-bond donors (Lipinski definition) is 2. The van der Waals surface area contributed by atoms with Crippen LogP contribution in [-0.2, 0) is 6.42 Å². The molecule has 1 aromatic heterocycles. The van der Waals surface area contributed by atoms with E-state index in [-0.39, 0.29) is 11.6 Å². The zero-order chi connectivity index (χ0) is 15.1. The minimum absolute atomic E-state index is 0.110. The third-order valence-corrected chi connectivity index (χ3v) is 3.98. The third-order valence-electron chi connectivity index (χ3n) is 3.98. The zero-order valence-corrected chi connectivity index (χ0v) is 11.9. The average Bonchev–Trinajstić information content (AvgIpc) is 2.45. The zero-order valence-electron chi connectivity index (χ0n) is 11.9. The summed E-state index contributed by atoms with van der Waals surface area (Å²) in [5.41, 5.74) is 3.21. The Hall–Kier alpha value is -2.56. The van der Waals surface area contributed by atoms with E-state index in [0.717, 1.165) is 28.9 Å². The minimum Gasteiger partial charge on any atom is -0.477 e. The first-order valence-corrected chi connectivity index (χ1v) is 6.82. The number of nitrogens with zero attached hydrogens (tertiary/aromatic N) is 1. The van der Waals surface area contributed by atoms with Gasteiger partial charge >= 0.3 is 5.97 Å². The molecule has 1 atom stereocenters. The van der Waals surface area contributed by atoms with Gasteiger partial charge in [0.05, 0.1) is 5.69 Å². The lowest BCUT2D eigenvalue weighted by atomic mass is 9.91. The Labute approximate surface area is 121 Å². The number of fused-ring (bicyclic) bond motifs is 3. The summed E-state index contributed by atoms with van der Waals surface area (Å²) < 4.78 is 1.88. The predicted molar refractivity (Wildman–Crippen MR) is 81.1 cm³/mol. The summed E-state index contributed by atoms with van der Waals surface area (Å²) in [7, 11) is 1.84. The Balaban J connectivity index is 2.34. The molecule has 0 radical (unpaired) electrons. The Morgan fingerprint density at radius 1 is 1.43 bits per heavy atom. The molecule has 2 N–H and O–H groups in total. The number of anilines is 1. The van der Waals surface area contributed by atoms with E-state index in [0.29, 0.717) is 0 Å². The fraction of sp³-hybridized carbons (Fsp3) is 0.250. The third kappa shape index (κ3) is 2.01. The predicted octanol–water partition coefficient (Wildman–Crippen LogP) is 2.37. The fourth-order valence-corrected chi connectivity index (χ4v) is 2.97. The number of aromatic carboxylic acids is 1. The van der Waals surface area contributed by atoms with Gasteiger partial charge < -0.3 is 15.0 Å². The van der Waals surface area contributed by atoms with Crippen molar-refractivity contribution < 1.29 is 9.90 Å². The lowest BCUT2D eigenvalue weighted by Gasteiger charge is -2.29. The lowest BCUT2D eigenvalue weighted by Crippen LogP contribution is -2.24. The van der Waals surface area contributed by atoms with Crippen LogP contribution in [0.5, 0.6) is 0 Å². The number of hydrogen-bond acceptors (Lipinski definition) is 3. The van der Waals surface area contributed by atoms with Crippen LogP contribution in [0.25, 0.3) is 11.3 Å². The van der Waals surface area contributed by atoms with Gasteiger partial charge in [0.25, 0.3) is 0 Å². The standard InChI is InChI=1S/C16H16N2O3/c1-9-6-10-4-3-5-12(17-2)15(10)13-7-14(19)11(16(20)21)8-18(9)13/h3-5,7-9,17H,6H2,1-2H3,(H,20,21). The Bertz CT molecular complexity index is 793. The van der Waals surface area contributed by atoms with Crippen LogP contribution in [0.1, 0.15) is 28.9 Å². The number of benzene rings is 1. The van der Waals surface area contributed by atoms with Gasteiger partial charge in [-0.2, -0.15) is 0 Å². The van der Waals surface area contributed by atoms with Crippen molar-refractivity contribution in [2.45, 2.75) is 19.4 Å². The molecular weight excluding hydrogens is 268 g/mol. The molecule has 1 aliphatic rings. The van der Waals surface area contributed by atoms with Gasteiger partial charge in [-0.3, -0.25) is 4.79 Å². The van der Waals surface area contributed by atoms with E-state index in [4.69, 9.17) is 5.11 Å². The summed E-state index contributed by atoms with van der Waals surface area (Å²) in [5, 5.41) is 12.3. The Kier molecular flexibility index (Phi) is 3.05. The van der Waals surface area contributed by atoms with Crippen molar-refractivity contribution in [2.75, 3.05) is 12.4 Å². The molecule has 108 valence electrons. The van der Waals surface area contributed by atoms with Crippen LogP contribution in [0.3, 0.4) is 0 Å². The van der Waals surface area contributed by atoms with Crippen molar-refractivity contribution in [3.8, 4) is 11.3 Å². The molecular formula is C16H16N2O3. The summed E-state index contributed by atoms with van der Waals surface area (Å²) in [5.74, 6) is -1.19. The molecule has 0 spiro atoms. The van der Waals surface area contributed by atoms with E-state index in [1.165, 1.54) is 12.3 Å². The first-order valence-electron chi connectivity index (χ1n) is 6.82. The SMILES string of the molecule is CNc1cccc2c1-c1cc(=O)c(C(=O)O)cn1C(C)C2. The summed E-state index contributed by atoms with van der Waals surface area (Å²) in [6.45, 7) is 2.02. The molecule has 1 unspecified atom stereocenters. The first-order chi connectivity index (χ1) is 10.0. The smallest absolute Gasteiger partial charge is 0.341 e. The van der Waals surface area contributed by atoms with E-state index < -0.39 is 11.4 Å². The van der Waals surface area contributed by atoms with Crippen LogP contribution in [-0.4, -0.2) is 22.7 Å². The number of carbonyl (C=O) groups is 1. The highest BCUT2D eigenvalue weighted by atomic mass is 16.4. The first kappa shape index (κ1) is 13.4. The van der Waals surface area contributed by atoms with Crippen molar-refractivity contribution in [3.05, 3.63) is 51.8 Å². The highest BCUT2D eigenvalue weighted by Gasteiger charge is 2.25. The number of rotatable bonds is 2. The van der Waals surface area contributed by atoms with E-state index in [1.54, 1.807) is 0 Å². The van der Waals surface area contributed by atoms with Crippen LogP contribution in [0.2, 0.25) is 0 Å². The molecule has 21 heavy (non-hydrogen) atoms. The summed E-state index contributed by atoms with van der Waals surface area (Å²) in [6, 6.07) is 7.52. The quantitative estimate of drug-likeness (QED) is 0.888. The van der Waals surface area contributed by atoms with Crippen LogP contribution in [0.15, 0.2) is 35.3 Å². The largest absolute Gasteiger partial charge is 0.477 e. The topological polar surface area (TPSA) is 71.3 Å². The number of nitrogens with one attached hydrogen (secondary N) is 1. The van der Waals surface area contributed by atoms with Crippen molar-refractivity contribution in [3.63, 3.8) is 0 Å². The van der Waals surface area contributed by atoms with Gasteiger partial charge in [-0.25, -0.2) is 4.79 Å². The Morgan fingerprint density at radius 2 is 2.19 bits per heavy atom. The second-order valence-electron chi connectivity index (χ2n) is 5.29. The van der Waals surface area contributed by atoms with Crippen molar-refractivity contribution >= 4 is 11.7 Å². The fourth-order valence-electron chi connectivity index (χ4n) is 2.97. The second-order valence-corrected chi connectivity index (χ2v) is 5.29. The van der Waals surface area contributed by atoms with Crippen molar-refractivity contribution in [1.82, 2.24) is 4.57 Å². The van der Waals surface area contributed by atoms with Gasteiger partial charge in [0.2, 0.25) is 0 Å². The van der Waals surface area contributed by atoms with Crippen LogP contribution >= 0.6 is 0 Å². The van der Waals surface area contributed by atoms with Crippen molar-refractivity contribution in [1.29, 1.82) is 0 Å². The molecule has 1 aliphatic heterocycles. The van der Waals surface area contributed by atoms with E-state index in [9.17, 15) is 9.59 Å². The number of aromatic nitrogens is 1. The summed E-state index contributed by atoms with van der Waals surface area (Å²) >= 11 is 0. The molecule has 5 heteroatoms. The molecule has 3 rings (SSSR count). The highest BCUT2D eigenvalue weighted by Crippen LogP contribution is 2.38. The molecule has 0 saturated carbocycles. The molecule has 1 aromatic carbocycles. The molecule has 0 bridgehead atoms. The maximum absolute atomic E-state index is 12.0. The second kappa shape index (κ2) is 4.77.